The first-order valence-corrected chi connectivity index (χ1v) is 11.8. The van der Waals surface area contributed by atoms with Gasteiger partial charge in [-0.15, -0.1) is 0 Å². The quantitative estimate of drug-likeness (QED) is 0.576. The number of hydrogen-bond donors (Lipinski definition) is 0. The number of anilines is 1. The van der Waals surface area contributed by atoms with E-state index in [1.165, 1.54) is 10.4 Å². The van der Waals surface area contributed by atoms with Crippen molar-refractivity contribution in [2.45, 2.75) is 12.6 Å². The standard InChI is InChI=1S/C21H23F3N2O5S/c22-21(23,24)16-3-1-4-17(13-16)25-7-9-26(10-8-25)32(27,28)12-2-11-29-18-5-6-19-20(14-18)31-15-30-19/h1,3-6,13-14H,2,7-12,15H2. The molecule has 0 atom stereocenters. The van der Waals surface area contributed by atoms with E-state index < -0.39 is 21.8 Å². The summed E-state index contributed by atoms with van der Waals surface area (Å²) in [5.74, 6) is 1.74. The Morgan fingerprint density at radius 1 is 0.969 bits per heavy atom. The van der Waals surface area contributed by atoms with Gasteiger partial charge in [-0.05, 0) is 36.8 Å². The molecule has 1 saturated heterocycles. The third-order valence-corrected chi connectivity index (χ3v) is 7.29. The Balaban J connectivity index is 1.25. The molecule has 0 aromatic heterocycles. The molecule has 174 valence electrons. The number of ether oxygens (including phenoxy) is 3. The van der Waals surface area contributed by atoms with Gasteiger partial charge < -0.3 is 19.1 Å². The molecule has 32 heavy (non-hydrogen) atoms. The minimum Gasteiger partial charge on any atom is -0.493 e. The molecule has 0 radical (unpaired) electrons. The summed E-state index contributed by atoms with van der Waals surface area (Å²) in [6.07, 6.45) is -4.10. The SMILES string of the molecule is O=S(=O)(CCCOc1ccc2c(c1)OCO2)N1CCN(c2cccc(C(F)(F)F)c2)CC1. The Hall–Kier alpha value is -2.66. The Morgan fingerprint density at radius 2 is 1.72 bits per heavy atom. The number of piperazine rings is 1. The van der Waals surface area contributed by atoms with Gasteiger partial charge in [-0.3, -0.25) is 0 Å². The molecule has 0 bridgehead atoms. The zero-order valence-corrected chi connectivity index (χ0v) is 18.0. The van der Waals surface area contributed by atoms with Crippen LogP contribution in [0.25, 0.3) is 0 Å². The fourth-order valence-electron chi connectivity index (χ4n) is 3.63. The first-order chi connectivity index (χ1) is 15.2. The van der Waals surface area contributed by atoms with E-state index >= 15 is 0 Å². The Morgan fingerprint density at radius 3 is 2.47 bits per heavy atom. The van der Waals surface area contributed by atoms with Crippen molar-refractivity contribution in [3.05, 3.63) is 48.0 Å². The van der Waals surface area contributed by atoms with Gasteiger partial charge in [0.15, 0.2) is 11.5 Å². The van der Waals surface area contributed by atoms with Crippen LogP contribution in [0, 0.1) is 0 Å². The van der Waals surface area contributed by atoms with Gasteiger partial charge in [-0.25, -0.2) is 8.42 Å². The Bertz CT molecular complexity index is 1050. The second-order valence-corrected chi connectivity index (χ2v) is 9.56. The van der Waals surface area contributed by atoms with E-state index in [0.717, 1.165) is 12.1 Å². The van der Waals surface area contributed by atoms with Crippen LogP contribution in [0.1, 0.15) is 12.0 Å². The number of alkyl halides is 3. The largest absolute Gasteiger partial charge is 0.493 e. The molecule has 11 heteroatoms. The molecule has 2 aliphatic rings. The van der Waals surface area contributed by atoms with Crippen LogP contribution in [-0.4, -0.2) is 58.1 Å². The van der Waals surface area contributed by atoms with E-state index in [0.29, 0.717) is 42.4 Å². The lowest BCUT2D eigenvalue weighted by molar-refractivity contribution is -0.137. The highest BCUT2D eigenvalue weighted by molar-refractivity contribution is 7.89. The average molecular weight is 472 g/mol. The zero-order valence-electron chi connectivity index (χ0n) is 17.2. The first kappa shape index (κ1) is 22.5. The van der Waals surface area contributed by atoms with Gasteiger partial charge in [0.2, 0.25) is 16.8 Å². The lowest BCUT2D eigenvalue weighted by atomic mass is 10.1. The van der Waals surface area contributed by atoms with Crippen molar-refractivity contribution >= 4 is 15.7 Å². The number of halogens is 3. The van der Waals surface area contributed by atoms with Crippen molar-refractivity contribution in [2.24, 2.45) is 0 Å². The molecule has 2 aromatic carbocycles. The zero-order chi connectivity index (χ0) is 22.8. The van der Waals surface area contributed by atoms with E-state index in [1.807, 2.05) is 0 Å². The summed E-state index contributed by atoms with van der Waals surface area (Å²) in [6, 6.07) is 10.2. The minimum atomic E-state index is -4.41. The summed E-state index contributed by atoms with van der Waals surface area (Å²) < 4.78 is 81.6. The molecular weight excluding hydrogens is 449 g/mol. The molecule has 2 heterocycles. The van der Waals surface area contributed by atoms with Gasteiger partial charge >= 0.3 is 6.18 Å². The first-order valence-electron chi connectivity index (χ1n) is 10.1. The summed E-state index contributed by atoms with van der Waals surface area (Å²) in [6.45, 7) is 1.49. The monoisotopic (exact) mass is 472 g/mol. The van der Waals surface area contributed by atoms with Crippen LogP contribution < -0.4 is 19.1 Å². The number of hydrogen-bond acceptors (Lipinski definition) is 6. The van der Waals surface area contributed by atoms with Crippen molar-refractivity contribution in [1.29, 1.82) is 0 Å². The van der Waals surface area contributed by atoms with Crippen molar-refractivity contribution in [2.75, 3.05) is 50.2 Å². The predicted molar refractivity (Wildman–Crippen MR) is 112 cm³/mol. The lowest BCUT2D eigenvalue weighted by Crippen LogP contribution is -2.49. The van der Waals surface area contributed by atoms with Crippen LogP contribution in [0.2, 0.25) is 0 Å². The van der Waals surface area contributed by atoms with Gasteiger partial charge in [-0.2, -0.15) is 17.5 Å². The van der Waals surface area contributed by atoms with Gasteiger partial charge in [-0.1, -0.05) is 6.07 Å². The van der Waals surface area contributed by atoms with Gasteiger partial charge in [0.1, 0.15) is 5.75 Å². The molecule has 0 spiro atoms. The molecule has 7 nitrogen and oxygen atoms in total. The van der Waals surface area contributed by atoms with Gasteiger partial charge in [0.25, 0.3) is 0 Å². The molecular formula is C21H23F3N2O5S. The van der Waals surface area contributed by atoms with Crippen LogP contribution in [0.4, 0.5) is 18.9 Å². The van der Waals surface area contributed by atoms with E-state index in [4.69, 9.17) is 14.2 Å². The second kappa shape index (κ2) is 9.07. The van der Waals surface area contributed by atoms with E-state index in [9.17, 15) is 21.6 Å². The van der Waals surface area contributed by atoms with Crippen LogP contribution in [-0.2, 0) is 16.2 Å². The van der Waals surface area contributed by atoms with Crippen molar-refractivity contribution < 1.29 is 35.8 Å². The summed E-state index contributed by atoms with van der Waals surface area (Å²) in [7, 11) is -3.48. The number of sulfonamides is 1. The van der Waals surface area contributed by atoms with Crippen molar-refractivity contribution in [3.8, 4) is 17.2 Å². The van der Waals surface area contributed by atoms with E-state index in [-0.39, 0.29) is 32.2 Å². The molecule has 0 saturated carbocycles. The number of fused-ring (bicyclic) bond motifs is 1. The fraction of sp³-hybridized carbons (Fsp3) is 0.429. The molecule has 2 aliphatic heterocycles. The Labute approximate surface area is 184 Å². The topological polar surface area (TPSA) is 68.3 Å². The molecule has 1 fully saturated rings. The third-order valence-electron chi connectivity index (χ3n) is 5.33. The minimum absolute atomic E-state index is 0.0683. The third kappa shape index (κ3) is 5.21. The Kier molecular flexibility index (Phi) is 6.38. The van der Waals surface area contributed by atoms with E-state index in [1.54, 1.807) is 29.2 Å². The fourth-order valence-corrected chi connectivity index (χ4v) is 5.09. The number of benzene rings is 2. The molecule has 0 N–H and O–H groups in total. The molecule has 0 aliphatic carbocycles. The maximum Gasteiger partial charge on any atom is 0.416 e. The number of rotatable bonds is 7. The molecule has 4 rings (SSSR count). The second-order valence-electron chi connectivity index (χ2n) is 7.47. The van der Waals surface area contributed by atoms with Crippen molar-refractivity contribution in [1.82, 2.24) is 4.31 Å². The summed E-state index contributed by atoms with van der Waals surface area (Å²) >= 11 is 0. The highest BCUT2D eigenvalue weighted by Crippen LogP contribution is 2.35. The summed E-state index contributed by atoms with van der Waals surface area (Å²) in [4.78, 5) is 1.77. The maximum atomic E-state index is 12.9. The normalized spacial score (nSPS) is 16.9. The molecule has 0 amide bonds. The van der Waals surface area contributed by atoms with Crippen LogP contribution in [0.5, 0.6) is 17.2 Å². The lowest BCUT2D eigenvalue weighted by Gasteiger charge is -2.35. The van der Waals surface area contributed by atoms with Crippen LogP contribution >= 0.6 is 0 Å². The van der Waals surface area contributed by atoms with Crippen LogP contribution in [0.15, 0.2) is 42.5 Å². The number of nitrogens with zero attached hydrogens (tertiary/aromatic N) is 2. The van der Waals surface area contributed by atoms with Gasteiger partial charge in [0.05, 0.1) is 17.9 Å². The highest BCUT2D eigenvalue weighted by Gasteiger charge is 2.32. The predicted octanol–water partition coefficient (Wildman–Crippen LogP) is 3.36. The van der Waals surface area contributed by atoms with E-state index in [2.05, 4.69) is 0 Å². The van der Waals surface area contributed by atoms with Gasteiger partial charge in [0, 0.05) is 37.9 Å². The smallest absolute Gasteiger partial charge is 0.416 e. The average Bonchev–Trinajstić information content (AvgIpc) is 3.24. The highest BCUT2D eigenvalue weighted by atomic mass is 32.2. The summed E-state index contributed by atoms with van der Waals surface area (Å²) in [5.41, 5.74) is -0.276. The molecule has 2 aromatic rings. The van der Waals surface area contributed by atoms with Crippen molar-refractivity contribution in [3.63, 3.8) is 0 Å². The molecule has 0 unspecified atom stereocenters. The summed E-state index contributed by atoms with van der Waals surface area (Å²) in [5, 5.41) is 0. The maximum absolute atomic E-state index is 12.9. The van der Waals surface area contributed by atoms with Crippen LogP contribution in [0.3, 0.4) is 0 Å².